The van der Waals surface area contributed by atoms with Crippen LogP contribution in [0.15, 0.2) is 30.5 Å². The number of hydrogen-bond donors (Lipinski definition) is 1. The van der Waals surface area contributed by atoms with E-state index in [4.69, 9.17) is 0 Å². The summed E-state index contributed by atoms with van der Waals surface area (Å²) < 4.78 is 0. The van der Waals surface area contributed by atoms with E-state index in [2.05, 4.69) is 48.3 Å². The maximum Gasteiger partial charge on any atom is 0.226 e. The van der Waals surface area contributed by atoms with Gasteiger partial charge in [0.25, 0.3) is 0 Å². The van der Waals surface area contributed by atoms with Gasteiger partial charge < -0.3 is 4.90 Å². The molecule has 2 heterocycles. The van der Waals surface area contributed by atoms with Crippen LogP contribution in [-0.2, 0) is 17.8 Å². The number of rotatable bonds is 3. The van der Waals surface area contributed by atoms with E-state index in [0.29, 0.717) is 24.3 Å². The van der Waals surface area contributed by atoms with Crippen molar-refractivity contribution in [3.05, 3.63) is 52.8 Å². The molecule has 2 aliphatic rings. The molecule has 4 rings (SSSR count). The van der Waals surface area contributed by atoms with Gasteiger partial charge in [-0.1, -0.05) is 38.1 Å². The van der Waals surface area contributed by atoms with Crippen LogP contribution in [0.3, 0.4) is 0 Å². The van der Waals surface area contributed by atoms with Gasteiger partial charge >= 0.3 is 0 Å². The lowest BCUT2D eigenvalue weighted by molar-refractivity contribution is -0.133. The van der Waals surface area contributed by atoms with Crippen molar-refractivity contribution < 1.29 is 4.79 Å². The summed E-state index contributed by atoms with van der Waals surface area (Å²) in [7, 11) is 0. The average molecular weight is 309 g/mol. The minimum absolute atomic E-state index is 0.174. The van der Waals surface area contributed by atoms with Gasteiger partial charge in [-0.25, -0.2) is 0 Å². The second-order valence-electron chi connectivity index (χ2n) is 7.15. The van der Waals surface area contributed by atoms with Crippen molar-refractivity contribution in [1.82, 2.24) is 15.1 Å². The van der Waals surface area contributed by atoms with Crippen LogP contribution >= 0.6 is 0 Å². The number of fused-ring (bicyclic) bond motifs is 1. The van der Waals surface area contributed by atoms with E-state index in [1.807, 2.05) is 11.1 Å². The minimum Gasteiger partial charge on any atom is -0.338 e. The number of H-pyrrole nitrogens is 1. The summed E-state index contributed by atoms with van der Waals surface area (Å²) >= 11 is 0. The molecule has 1 aliphatic heterocycles. The number of benzene rings is 1. The molecular weight excluding hydrogens is 286 g/mol. The van der Waals surface area contributed by atoms with Gasteiger partial charge in [0.15, 0.2) is 0 Å². The molecule has 2 atom stereocenters. The summed E-state index contributed by atoms with van der Waals surface area (Å²) in [5, 5.41) is 7.10. The Balaban J connectivity index is 1.42. The second-order valence-corrected chi connectivity index (χ2v) is 7.15. The topological polar surface area (TPSA) is 49.0 Å². The van der Waals surface area contributed by atoms with Gasteiger partial charge in [-0.2, -0.15) is 5.10 Å². The number of amides is 1. The molecule has 1 saturated carbocycles. The fourth-order valence-electron chi connectivity index (χ4n) is 3.61. The molecule has 1 fully saturated rings. The zero-order valence-corrected chi connectivity index (χ0v) is 13.7. The molecule has 1 aromatic heterocycles. The van der Waals surface area contributed by atoms with Crippen LogP contribution in [0.4, 0.5) is 0 Å². The normalized spacial score (nSPS) is 23.0. The molecule has 0 radical (unpaired) electrons. The fraction of sp³-hybridized carbons (Fsp3) is 0.474. The van der Waals surface area contributed by atoms with E-state index in [9.17, 15) is 4.79 Å². The summed E-state index contributed by atoms with van der Waals surface area (Å²) in [5.74, 6) is 1.45. The van der Waals surface area contributed by atoms with Crippen molar-refractivity contribution in [2.45, 2.75) is 45.1 Å². The Morgan fingerprint density at radius 3 is 2.83 bits per heavy atom. The van der Waals surface area contributed by atoms with E-state index < -0.39 is 0 Å². The number of aromatic nitrogens is 2. The summed E-state index contributed by atoms with van der Waals surface area (Å²) in [4.78, 5) is 14.8. The average Bonchev–Trinajstić information content (AvgIpc) is 3.23. The number of carbonyl (C=O) groups is 1. The molecule has 0 bridgehead atoms. The third kappa shape index (κ3) is 2.67. The van der Waals surface area contributed by atoms with Crippen LogP contribution in [-0.4, -0.2) is 27.5 Å². The molecule has 1 amide bonds. The van der Waals surface area contributed by atoms with Gasteiger partial charge in [0.1, 0.15) is 0 Å². The highest BCUT2D eigenvalue weighted by atomic mass is 16.2. The quantitative estimate of drug-likeness (QED) is 0.946. The lowest BCUT2D eigenvalue weighted by atomic mass is 9.99. The van der Waals surface area contributed by atoms with Gasteiger partial charge in [0.05, 0.1) is 6.20 Å². The Kier molecular flexibility index (Phi) is 3.47. The van der Waals surface area contributed by atoms with Gasteiger partial charge in [-0.15, -0.1) is 0 Å². The van der Waals surface area contributed by atoms with Crippen molar-refractivity contribution in [2.75, 3.05) is 6.54 Å². The van der Waals surface area contributed by atoms with E-state index in [0.717, 1.165) is 19.4 Å². The zero-order valence-electron chi connectivity index (χ0n) is 13.7. The predicted molar refractivity (Wildman–Crippen MR) is 89.1 cm³/mol. The molecule has 1 aromatic carbocycles. The van der Waals surface area contributed by atoms with Gasteiger partial charge in [0.2, 0.25) is 5.91 Å². The van der Waals surface area contributed by atoms with E-state index >= 15 is 0 Å². The van der Waals surface area contributed by atoms with Crippen LogP contribution in [0.25, 0.3) is 0 Å². The molecule has 0 spiro atoms. The van der Waals surface area contributed by atoms with Crippen molar-refractivity contribution in [3.63, 3.8) is 0 Å². The number of nitrogens with zero attached hydrogens (tertiary/aromatic N) is 2. The maximum absolute atomic E-state index is 12.7. The molecule has 1 N–H and O–H groups in total. The summed E-state index contributed by atoms with van der Waals surface area (Å²) in [5.41, 5.74) is 5.03. The molecule has 4 heteroatoms. The van der Waals surface area contributed by atoms with Crippen LogP contribution < -0.4 is 0 Å². The number of nitrogens with one attached hydrogen (secondary N) is 1. The Morgan fingerprint density at radius 2 is 2.09 bits per heavy atom. The molecule has 120 valence electrons. The summed E-state index contributed by atoms with van der Waals surface area (Å²) in [6, 6.07) is 8.83. The Morgan fingerprint density at radius 1 is 1.30 bits per heavy atom. The molecular formula is C19H23N3O. The Bertz CT molecular complexity index is 716. The monoisotopic (exact) mass is 309 g/mol. The first-order chi connectivity index (χ1) is 11.1. The fourth-order valence-corrected chi connectivity index (χ4v) is 3.61. The molecule has 0 saturated heterocycles. The lowest BCUT2D eigenvalue weighted by Crippen LogP contribution is -2.36. The number of hydrogen-bond acceptors (Lipinski definition) is 2. The maximum atomic E-state index is 12.7. The highest BCUT2D eigenvalue weighted by Crippen LogP contribution is 2.49. The van der Waals surface area contributed by atoms with Gasteiger partial charge in [-0.05, 0) is 29.4 Å². The first kappa shape index (κ1) is 14.5. The van der Waals surface area contributed by atoms with Crippen molar-refractivity contribution in [3.8, 4) is 0 Å². The first-order valence-corrected chi connectivity index (χ1v) is 8.53. The SMILES string of the molecule is CC(C)c1ccc([C@H]2C[C@@H]2C(=O)N2CCc3[nH]ncc3C2)cc1. The molecule has 23 heavy (non-hydrogen) atoms. The van der Waals surface area contributed by atoms with Crippen molar-refractivity contribution >= 4 is 5.91 Å². The highest BCUT2D eigenvalue weighted by Gasteiger charge is 2.46. The lowest BCUT2D eigenvalue weighted by Gasteiger charge is -2.26. The van der Waals surface area contributed by atoms with Crippen molar-refractivity contribution in [1.29, 1.82) is 0 Å². The predicted octanol–water partition coefficient (Wildman–Crippen LogP) is 3.22. The van der Waals surface area contributed by atoms with E-state index in [1.165, 1.54) is 22.4 Å². The molecule has 2 aromatic rings. The number of carbonyl (C=O) groups excluding carboxylic acids is 1. The van der Waals surface area contributed by atoms with E-state index in [-0.39, 0.29) is 5.92 Å². The number of aromatic amines is 1. The Labute approximate surface area is 136 Å². The highest BCUT2D eigenvalue weighted by molar-refractivity contribution is 5.83. The summed E-state index contributed by atoms with van der Waals surface area (Å²) in [6.45, 7) is 5.93. The standard InChI is InChI=1S/C19H23N3O/c1-12(2)13-3-5-14(6-4-13)16-9-17(16)19(23)22-8-7-18-15(11-22)10-20-21-18/h3-6,10,12,16-17H,7-9,11H2,1-2H3,(H,20,21)/t16-,17+/m1/s1. The Hall–Kier alpha value is -2.10. The van der Waals surface area contributed by atoms with Crippen LogP contribution in [0.5, 0.6) is 0 Å². The third-order valence-corrected chi connectivity index (χ3v) is 5.25. The largest absolute Gasteiger partial charge is 0.338 e. The van der Waals surface area contributed by atoms with Crippen LogP contribution in [0, 0.1) is 5.92 Å². The minimum atomic E-state index is 0.174. The molecule has 4 nitrogen and oxygen atoms in total. The summed E-state index contributed by atoms with van der Waals surface area (Å²) in [6.07, 6.45) is 3.74. The van der Waals surface area contributed by atoms with Crippen LogP contribution in [0.1, 0.15) is 54.5 Å². The van der Waals surface area contributed by atoms with Gasteiger partial charge in [-0.3, -0.25) is 9.89 Å². The first-order valence-electron chi connectivity index (χ1n) is 8.53. The molecule has 0 unspecified atom stereocenters. The van der Waals surface area contributed by atoms with Gasteiger partial charge in [0, 0.05) is 36.7 Å². The van der Waals surface area contributed by atoms with E-state index in [1.54, 1.807) is 0 Å². The molecule has 1 aliphatic carbocycles. The zero-order chi connectivity index (χ0) is 16.0. The van der Waals surface area contributed by atoms with Crippen LogP contribution in [0.2, 0.25) is 0 Å². The third-order valence-electron chi connectivity index (χ3n) is 5.25. The van der Waals surface area contributed by atoms with Crippen molar-refractivity contribution in [2.24, 2.45) is 5.92 Å². The second kappa shape index (κ2) is 5.52. The smallest absolute Gasteiger partial charge is 0.226 e.